The summed E-state index contributed by atoms with van der Waals surface area (Å²) in [7, 11) is 0. The van der Waals surface area contributed by atoms with Crippen LogP contribution in [0.4, 0.5) is 10.5 Å². The Hall–Kier alpha value is -2.37. The van der Waals surface area contributed by atoms with Gasteiger partial charge in [-0.1, -0.05) is 25.1 Å². The Morgan fingerprint density at radius 2 is 1.88 bits per heavy atom. The van der Waals surface area contributed by atoms with E-state index in [4.69, 9.17) is 0 Å². The standard InChI is InChI=1S/C20H25N3O3/c1-13-7-9-20(10-8-13)18(25)22(19(26)21-20)12-17(24)23-14(2)11-15-5-3-4-6-16(15)23/h3-6,13-14H,7-12H2,1-2H3,(H,21,26)/t13?,14-,20?/m1/s1. The SMILES string of the molecule is CC1CCC2(CC1)NC(=O)N(CC(=O)N1c3ccccc3C[C@H]1C)C2=O. The summed E-state index contributed by atoms with van der Waals surface area (Å²) in [5.41, 5.74) is 1.22. The quantitative estimate of drug-likeness (QED) is 0.829. The molecule has 138 valence electrons. The number of anilines is 1. The Bertz CT molecular complexity index is 767. The van der Waals surface area contributed by atoms with Gasteiger partial charge in [0.05, 0.1) is 0 Å². The summed E-state index contributed by atoms with van der Waals surface area (Å²) in [6.45, 7) is 3.97. The molecule has 3 aliphatic rings. The molecule has 1 saturated heterocycles. The first-order valence-electron chi connectivity index (χ1n) is 9.45. The predicted molar refractivity (Wildman–Crippen MR) is 97.7 cm³/mol. The van der Waals surface area contributed by atoms with Crippen molar-refractivity contribution >= 4 is 23.5 Å². The van der Waals surface area contributed by atoms with Crippen molar-refractivity contribution in [3.63, 3.8) is 0 Å². The highest BCUT2D eigenvalue weighted by atomic mass is 16.2. The van der Waals surface area contributed by atoms with E-state index in [1.54, 1.807) is 4.90 Å². The van der Waals surface area contributed by atoms with Crippen molar-refractivity contribution in [3.05, 3.63) is 29.8 Å². The highest BCUT2D eigenvalue weighted by molar-refractivity contribution is 6.10. The average molecular weight is 355 g/mol. The molecule has 2 aliphatic heterocycles. The summed E-state index contributed by atoms with van der Waals surface area (Å²) in [4.78, 5) is 41.2. The Morgan fingerprint density at radius 1 is 1.19 bits per heavy atom. The van der Waals surface area contributed by atoms with E-state index in [1.165, 1.54) is 0 Å². The third kappa shape index (κ3) is 2.59. The molecule has 1 atom stereocenters. The number of nitrogens with zero attached hydrogens (tertiary/aromatic N) is 2. The summed E-state index contributed by atoms with van der Waals surface area (Å²) >= 11 is 0. The van der Waals surface area contributed by atoms with Gasteiger partial charge in [0, 0.05) is 11.7 Å². The van der Waals surface area contributed by atoms with E-state index >= 15 is 0 Å². The van der Waals surface area contributed by atoms with Crippen molar-refractivity contribution in [2.45, 2.75) is 57.5 Å². The van der Waals surface area contributed by atoms with Crippen LogP contribution in [0.5, 0.6) is 0 Å². The molecule has 1 saturated carbocycles. The van der Waals surface area contributed by atoms with Gasteiger partial charge in [-0.05, 0) is 56.6 Å². The number of fused-ring (bicyclic) bond motifs is 1. The van der Waals surface area contributed by atoms with Crippen LogP contribution in [0, 0.1) is 5.92 Å². The lowest BCUT2D eigenvalue weighted by Gasteiger charge is -2.33. The first kappa shape index (κ1) is 17.1. The maximum atomic E-state index is 12.9. The zero-order chi connectivity index (χ0) is 18.5. The molecule has 1 aromatic rings. The number of urea groups is 1. The summed E-state index contributed by atoms with van der Waals surface area (Å²) in [6, 6.07) is 7.41. The van der Waals surface area contributed by atoms with Gasteiger partial charge in [-0.2, -0.15) is 0 Å². The topological polar surface area (TPSA) is 69.7 Å². The van der Waals surface area contributed by atoms with Gasteiger partial charge in [0.1, 0.15) is 12.1 Å². The number of nitrogens with one attached hydrogen (secondary N) is 1. The van der Waals surface area contributed by atoms with Crippen LogP contribution < -0.4 is 10.2 Å². The zero-order valence-electron chi connectivity index (χ0n) is 15.3. The second-order valence-corrected chi connectivity index (χ2v) is 8.03. The minimum Gasteiger partial charge on any atom is -0.323 e. The van der Waals surface area contributed by atoms with Gasteiger partial charge in [-0.3, -0.25) is 14.5 Å². The molecule has 1 spiro atoms. The van der Waals surface area contributed by atoms with Gasteiger partial charge in [-0.15, -0.1) is 0 Å². The van der Waals surface area contributed by atoms with Crippen LogP contribution in [0.25, 0.3) is 0 Å². The summed E-state index contributed by atoms with van der Waals surface area (Å²) < 4.78 is 0. The van der Waals surface area contributed by atoms with Crippen LogP contribution in [-0.4, -0.2) is 40.9 Å². The van der Waals surface area contributed by atoms with E-state index < -0.39 is 11.6 Å². The molecule has 4 rings (SSSR count). The lowest BCUT2D eigenvalue weighted by molar-refractivity contribution is -0.135. The fraction of sp³-hybridized carbons (Fsp3) is 0.550. The molecular weight excluding hydrogens is 330 g/mol. The maximum absolute atomic E-state index is 12.9. The van der Waals surface area contributed by atoms with Gasteiger partial charge in [-0.25, -0.2) is 4.79 Å². The summed E-state index contributed by atoms with van der Waals surface area (Å²) in [5.74, 6) is 0.137. The van der Waals surface area contributed by atoms with Gasteiger partial charge < -0.3 is 10.2 Å². The Labute approximate surface area is 153 Å². The molecule has 1 aliphatic carbocycles. The van der Waals surface area contributed by atoms with E-state index in [1.807, 2.05) is 31.2 Å². The third-order valence-electron chi connectivity index (χ3n) is 6.14. The van der Waals surface area contributed by atoms with E-state index in [0.717, 1.165) is 35.4 Å². The molecular formula is C20H25N3O3. The molecule has 0 bridgehead atoms. The number of imide groups is 1. The van der Waals surface area contributed by atoms with Crippen LogP contribution in [0.3, 0.4) is 0 Å². The molecule has 2 heterocycles. The van der Waals surface area contributed by atoms with E-state index in [0.29, 0.717) is 18.8 Å². The minimum atomic E-state index is -0.793. The Morgan fingerprint density at radius 3 is 2.62 bits per heavy atom. The van der Waals surface area contributed by atoms with Crippen molar-refractivity contribution < 1.29 is 14.4 Å². The molecule has 4 amide bonds. The average Bonchev–Trinajstić information content (AvgIpc) is 3.06. The number of carbonyl (C=O) groups is 3. The van der Waals surface area contributed by atoms with Crippen LogP contribution in [0.2, 0.25) is 0 Å². The first-order chi connectivity index (χ1) is 12.4. The predicted octanol–water partition coefficient (Wildman–Crippen LogP) is 2.46. The minimum absolute atomic E-state index is 0.0326. The maximum Gasteiger partial charge on any atom is 0.325 e. The number of amides is 4. The molecule has 6 nitrogen and oxygen atoms in total. The molecule has 1 aromatic carbocycles. The Balaban J connectivity index is 1.52. The number of hydrogen-bond donors (Lipinski definition) is 1. The second-order valence-electron chi connectivity index (χ2n) is 8.03. The number of para-hydroxylation sites is 1. The fourth-order valence-electron chi connectivity index (χ4n) is 4.57. The molecule has 0 radical (unpaired) electrons. The zero-order valence-corrected chi connectivity index (χ0v) is 15.3. The van der Waals surface area contributed by atoms with Gasteiger partial charge in [0.2, 0.25) is 5.91 Å². The smallest absolute Gasteiger partial charge is 0.323 e. The fourth-order valence-corrected chi connectivity index (χ4v) is 4.57. The van der Waals surface area contributed by atoms with Crippen molar-refractivity contribution in [2.75, 3.05) is 11.4 Å². The lowest BCUT2D eigenvalue weighted by Crippen LogP contribution is -2.50. The highest BCUT2D eigenvalue weighted by Gasteiger charge is 2.52. The molecule has 2 fully saturated rings. The van der Waals surface area contributed by atoms with E-state index in [-0.39, 0.29) is 24.4 Å². The number of carbonyl (C=O) groups excluding carboxylic acids is 3. The molecule has 0 aromatic heterocycles. The van der Waals surface area contributed by atoms with Gasteiger partial charge in [0.15, 0.2) is 0 Å². The van der Waals surface area contributed by atoms with Crippen molar-refractivity contribution in [1.82, 2.24) is 10.2 Å². The van der Waals surface area contributed by atoms with E-state index in [9.17, 15) is 14.4 Å². The van der Waals surface area contributed by atoms with Crippen LogP contribution >= 0.6 is 0 Å². The number of benzene rings is 1. The molecule has 0 unspecified atom stereocenters. The van der Waals surface area contributed by atoms with E-state index in [2.05, 4.69) is 12.2 Å². The third-order valence-corrected chi connectivity index (χ3v) is 6.14. The van der Waals surface area contributed by atoms with Crippen LogP contribution in [0.1, 0.15) is 45.1 Å². The van der Waals surface area contributed by atoms with Crippen molar-refractivity contribution in [3.8, 4) is 0 Å². The largest absolute Gasteiger partial charge is 0.325 e. The number of rotatable bonds is 2. The van der Waals surface area contributed by atoms with Gasteiger partial charge >= 0.3 is 6.03 Å². The molecule has 26 heavy (non-hydrogen) atoms. The van der Waals surface area contributed by atoms with Crippen LogP contribution in [0.15, 0.2) is 24.3 Å². The monoisotopic (exact) mass is 355 g/mol. The normalized spacial score (nSPS) is 30.7. The lowest BCUT2D eigenvalue weighted by atomic mass is 9.77. The summed E-state index contributed by atoms with van der Waals surface area (Å²) in [6.07, 6.45) is 3.96. The first-order valence-corrected chi connectivity index (χ1v) is 9.45. The van der Waals surface area contributed by atoms with Crippen molar-refractivity contribution in [2.24, 2.45) is 5.92 Å². The highest BCUT2D eigenvalue weighted by Crippen LogP contribution is 2.37. The van der Waals surface area contributed by atoms with Crippen LogP contribution in [-0.2, 0) is 16.0 Å². The van der Waals surface area contributed by atoms with Crippen molar-refractivity contribution in [1.29, 1.82) is 0 Å². The number of hydrogen-bond acceptors (Lipinski definition) is 3. The Kier molecular flexibility index (Phi) is 4.01. The summed E-state index contributed by atoms with van der Waals surface area (Å²) in [5, 5.41) is 2.88. The molecule has 6 heteroatoms. The molecule has 1 N–H and O–H groups in total. The van der Waals surface area contributed by atoms with Gasteiger partial charge in [0.25, 0.3) is 5.91 Å². The second kappa shape index (κ2) is 6.11.